The van der Waals surface area contributed by atoms with Gasteiger partial charge in [-0.05, 0) is 42.9 Å². The van der Waals surface area contributed by atoms with Gasteiger partial charge in [0.25, 0.3) is 0 Å². The van der Waals surface area contributed by atoms with Gasteiger partial charge in [-0.2, -0.15) is 0 Å². The highest BCUT2D eigenvalue weighted by molar-refractivity contribution is 7.98. The van der Waals surface area contributed by atoms with Crippen molar-refractivity contribution in [3.63, 3.8) is 0 Å². The van der Waals surface area contributed by atoms with Crippen molar-refractivity contribution >= 4 is 11.8 Å². The summed E-state index contributed by atoms with van der Waals surface area (Å²) in [5.41, 5.74) is 2.14. The number of thioether (sulfide) groups is 1. The monoisotopic (exact) mass is 248 g/mol. The van der Waals surface area contributed by atoms with Gasteiger partial charge in [0.2, 0.25) is 0 Å². The zero-order chi connectivity index (χ0) is 12.1. The standard InChI is InChI=1S/C13H13FN2S/c1-17-13-15-9-8-12(16-13)7-4-10-2-5-11(14)6-3-10/h2-3,5-6,8-9H,4,7H2,1H3. The first-order valence-electron chi connectivity index (χ1n) is 5.38. The van der Waals surface area contributed by atoms with Crippen molar-refractivity contribution in [1.29, 1.82) is 0 Å². The van der Waals surface area contributed by atoms with Gasteiger partial charge < -0.3 is 0 Å². The molecule has 0 spiro atoms. The molecule has 4 heteroatoms. The van der Waals surface area contributed by atoms with Crippen LogP contribution in [0, 0.1) is 5.82 Å². The fourth-order valence-electron chi connectivity index (χ4n) is 1.54. The molecule has 0 unspecified atom stereocenters. The molecule has 0 aliphatic heterocycles. The lowest BCUT2D eigenvalue weighted by Gasteiger charge is -2.02. The summed E-state index contributed by atoms with van der Waals surface area (Å²) >= 11 is 1.53. The number of rotatable bonds is 4. The van der Waals surface area contributed by atoms with E-state index in [0.717, 1.165) is 29.3 Å². The maximum absolute atomic E-state index is 12.7. The Morgan fingerprint density at radius 3 is 2.59 bits per heavy atom. The summed E-state index contributed by atoms with van der Waals surface area (Å²) in [6, 6.07) is 8.52. The van der Waals surface area contributed by atoms with Crippen LogP contribution in [0.4, 0.5) is 4.39 Å². The lowest BCUT2D eigenvalue weighted by molar-refractivity contribution is 0.627. The summed E-state index contributed by atoms with van der Waals surface area (Å²) in [7, 11) is 0. The molecule has 0 bridgehead atoms. The van der Waals surface area contributed by atoms with Gasteiger partial charge in [-0.15, -0.1) is 0 Å². The van der Waals surface area contributed by atoms with E-state index >= 15 is 0 Å². The third kappa shape index (κ3) is 3.53. The van der Waals surface area contributed by atoms with Crippen molar-refractivity contribution < 1.29 is 4.39 Å². The van der Waals surface area contributed by atoms with Crippen molar-refractivity contribution in [1.82, 2.24) is 9.97 Å². The van der Waals surface area contributed by atoms with Crippen molar-refractivity contribution in [2.75, 3.05) is 6.26 Å². The van der Waals surface area contributed by atoms with Gasteiger partial charge in [0.05, 0.1) is 0 Å². The smallest absolute Gasteiger partial charge is 0.187 e. The molecule has 0 amide bonds. The summed E-state index contributed by atoms with van der Waals surface area (Å²) in [5.74, 6) is -0.194. The quantitative estimate of drug-likeness (QED) is 0.614. The van der Waals surface area contributed by atoms with Crippen LogP contribution in [-0.2, 0) is 12.8 Å². The van der Waals surface area contributed by atoms with Crippen LogP contribution in [0.5, 0.6) is 0 Å². The first-order chi connectivity index (χ1) is 8.28. The normalized spacial score (nSPS) is 10.5. The van der Waals surface area contributed by atoms with Crippen LogP contribution < -0.4 is 0 Å². The van der Waals surface area contributed by atoms with Gasteiger partial charge in [0.1, 0.15) is 5.82 Å². The molecule has 0 atom stereocenters. The molecule has 0 aliphatic carbocycles. The third-order valence-electron chi connectivity index (χ3n) is 2.46. The Bertz CT molecular complexity index is 485. The van der Waals surface area contributed by atoms with Crippen LogP contribution in [0.3, 0.4) is 0 Å². The lowest BCUT2D eigenvalue weighted by atomic mass is 10.1. The van der Waals surface area contributed by atoms with Crippen LogP contribution in [0.1, 0.15) is 11.3 Å². The lowest BCUT2D eigenvalue weighted by Crippen LogP contribution is -1.96. The molecular formula is C13H13FN2S. The van der Waals surface area contributed by atoms with E-state index in [1.54, 1.807) is 6.20 Å². The van der Waals surface area contributed by atoms with Gasteiger partial charge in [-0.25, -0.2) is 14.4 Å². The van der Waals surface area contributed by atoms with E-state index in [1.807, 2.05) is 24.5 Å². The fourth-order valence-corrected chi connectivity index (χ4v) is 1.91. The minimum Gasteiger partial charge on any atom is -0.231 e. The second-order valence-corrected chi connectivity index (χ2v) is 4.43. The van der Waals surface area contributed by atoms with Crippen molar-refractivity contribution in [3.05, 3.63) is 53.6 Å². The Kier molecular flexibility index (Phi) is 4.09. The molecule has 0 aliphatic rings. The van der Waals surface area contributed by atoms with E-state index in [-0.39, 0.29) is 5.82 Å². The number of nitrogens with zero attached hydrogens (tertiary/aromatic N) is 2. The van der Waals surface area contributed by atoms with Gasteiger partial charge in [0.15, 0.2) is 5.16 Å². The average molecular weight is 248 g/mol. The van der Waals surface area contributed by atoms with Crippen LogP contribution in [0.25, 0.3) is 0 Å². The molecule has 2 rings (SSSR count). The maximum atomic E-state index is 12.7. The number of hydrogen-bond acceptors (Lipinski definition) is 3. The van der Waals surface area contributed by atoms with E-state index in [9.17, 15) is 4.39 Å². The highest BCUT2D eigenvalue weighted by Gasteiger charge is 2.00. The van der Waals surface area contributed by atoms with Gasteiger partial charge >= 0.3 is 0 Å². The summed E-state index contributed by atoms with van der Waals surface area (Å²) in [4.78, 5) is 8.53. The summed E-state index contributed by atoms with van der Waals surface area (Å²) in [6.45, 7) is 0. The maximum Gasteiger partial charge on any atom is 0.187 e. The molecule has 17 heavy (non-hydrogen) atoms. The Balaban J connectivity index is 1.99. The Morgan fingerprint density at radius 1 is 1.12 bits per heavy atom. The predicted molar refractivity (Wildman–Crippen MR) is 67.6 cm³/mol. The molecule has 1 heterocycles. The number of benzene rings is 1. The summed E-state index contributed by atoms with van der Waals surface area (Å²) < 4.78 is 12.7. The number of aromatic nitrogens is 2. The molecule has 2 nitrogen and oxygen atoms in total. The largest absolute Gasteiger partial charge is 0.231 e. The first kappa shape index (κ1) is 12.0. The zero-order valence-electron chi connectivity index (χ0n) is 9.56. The highest BCUT2D eigenvalue weighted by Crippen LogP contribution is 2.10. The molecule has 2 aromatic rings. The predicted octanol–water partition coefficient (Wildman–Crippen LogP) is 3.12. The number of aryl methyl sites for hydroxylation is 2. The van der Waals surface area contributed by atoms with Crippen molar-refractivity contribution in [3.8, 4) is 0 Å². The van der Waals surface area contributed by atoms with Crippen LogP contribution in [0.2, 0.25) is 0 Å². The Morgan fingerprint density at radius 2 is 1.88 bits per heavy atom. The molecule has 1 aromatic carbocycles. The van der Waals surface area contributed by atoms with E-state index < -0.39 is 0 Å². The molecule has 0 fully saturated rings. The van der Waals surface area contributed by atoms with E-state index in [0.29, 0.717) is 0 Å². The van der Waals surface area contributed by atoms with Gasteiger partial charge in [-0.1, -0.05) is 23.9 Å². The van der Waals surface area contributed by atoms with Crippen LogP contribution in [0.15, 0.2) is 41.7 Å². The van der Waals surface area contributed by atoms with Crippen LogP contribution >= 0.6 is 11.8 Å². The SMILES string of the molecule is CSc1nccc(CCc2ccc(F)cc2)n1. The third-order valence-corrected chi connectivity index (χ3v) is 3.02. The second kappa shape index (κ2) is 5.77. The molecular weight excluding hydrogens is 235 g/mol. The Labute approximate surface area is 104 Å². The minimum atomic E-state index is -0.194. The van der Waals surface area contributed by atoms with E-state index in [4.69, 9.17) is 0 Å². The zero-order valence-corrected chi connectivity index (χ0v) is 10.4. The van der Waals surface area contributed by atoms with E-state index in [1.165, 1.54) is 23.9 Å². The second-order valence-electron chi connectivity index (χ2n) is 3.66. The summed E-state index contributed by atoms with van der Waals surface area (Å²) in [6.07, 6.45) is 5.45. The van der Waals surface area contributed by atoms with Crippen molar-refractivity contribution in [2.45, 2.75) is 18.0 Å². The van der Waals surface area contributed by atoms with Crippen LogP contribution in [-0.4, -0.2) is 16.2 Å². The molecule has 88 valence electrons. The Hall–Kier alpha value is -1.42. The van der Waals surface area contributed by atoms with E-state index in [2.05, 4.69) is 9.97 Å². The highest BCUT2D eigenvalue weighted by atomic mass is 32.2. The molecule has 0 N–H and O–H groups in total. The average Bonchev–Trinajstić information content (AvgIpc) is 2.38. The first-order valence-corrected chi connectivity index (χ1v) is 6.61. The van der Waals surface area contributed by atoms with Crippen molar-refractivity contribution in [2.24, 2.45) is 0 Å². The molecule has 0 radical (unpaired) electrons. The number of halogens is 1. The molecule has 1 aromatic heterocycles. The van der Waals surface area contributed by atoms with Gasteiger partial charge in [-0.3, -0.25) is 0 Å². The number of hydrogen-bond donors (Lipinski definition) is 0. The minimum absolute atomic E-state index is 0.194. The molecule has 0 saturated carbocycles. The molecule has 0 saturated heterocycles. The topological polar surface area (TPSA) is 25.8 Å². The fraction of sp³-hybridized carbons (Fsp3) is 0.231. The van der Waals surface area contributed by atoms with Gasteiger partial charge in [0, 0.05) is 11.9 Å². The summed E-state index contributed by atoms with van der Waals surface area (Å²) in [5, 5.41) is 0.793.